The van der Waals surface area contributed by atoms with Crippen LogP contribution in [0.3, 0.4) is 0 Å². The van der Waals surface area contributed by atoms with Gasteiger partial charge < -0.3 is 19.9 Å². The molecule has 0 spiro atoms. The number of carbonyl (C=O) groups is 1. The molecule has 0 saturated carbocycles. The van der Waals surface area contributed by atoms with Crippen molar-refractivity contribution in [3.05, 3.63) is 23.8 Å². The summed E-state index contributed by atoms with van der Waals surface area (Å²) in [6.45, 7) is 0.422. The van der Waals surface area contributed by atoms with E-state index in [9.17, 15) is 9.90 Å². The molecule has 0 aliphatic heterocycles. The van der Waals surface area contributed by atoms with Gasteiger partial charge in [0.25, 0.3) is 0 Å². The molecule has 0 saturated heterocycles. The highest BCUT2D eigenvalue weighted by molar-refractivity contribution is 7.98. The Labute approximate surface area is 123 Å². The molecule has 0 aliphatic rings. The molecule has 0 heterocycles. The maximum atomic E-state index is 11.2. The Morgan fingerprint density at radius 2 is 2.15 bits per heavy atom. The minimum Gasteiger partial charge on any atom is -0.497 e. The SMILES string of the molecule is COc1ccc(OC)c(CN[C@H](CCSC)C(=O)O)c1. The van der Waals surface area contributed by atoms with Crippen LogP contribution in [0.4, 0.5) is 0 Å². The number of aliphatic carboxylic acids is 1. The van der Waals surface area contributed by atoms with E-state index in [4.69, 9.17) is 9.47 Å². The van der Waals surface area contributed by atoms with Crippen molar-refractivity contribution in [1.29, 1.82) is 0 Å². The Kier molecular flexibility index (Phi) is 7.25. The van der Waals surface area contributed by atoms with Gasteiger partial charge in [-0.15, -0.1) is 0 Å². The topological polar surface area (TPSA) is 67.8 Å². The zero-order valence-electron chi connectivity index (χ0n) is 12.0. The van der Waals surface area contributed by atoms with E-state index >= 15 is 0 Å². The van der Waals surface area contributed by atoms with Crippen LogP contribution < -0.4 is 14.8 Å². The first kappa shape index (κ1) is 16.7. The number of ether oxygens (including phenoxy) is 2. The fourth-order valence-corrected chi connectivity index (χ4v) is 2.27. The Morgan fingerprint density at radius 1 is 1.40 bits per heavy atom. The number of thioether (sulfide) groups is 1. The van der Waals surface area contributed by atoms with Gasteiger partial charge in [0.1, 0.15) is 17.5 Å². The molecule has 0 aromatic heterocycles. The molecule has 20 heavy (non-hydrogen) atoms. The van der Waals surface area contributed by atoms with Gasteiger partial charge in [0, 0.05) is 12.1 Å². The van der Waals surface area contributed by atoms with E-state index in [1.54, 1.807) is 26.0 Å². The average Bonchev–Trinajstić information content (AvgIpc) is 2.46. The van der Waals surface area contributed by atoms with E-state index in [1.807, 2.05) is 24.5 Å². The molecule has 1 atom stereocenters. The zero-order chi connectivity index (χ0) is 15.0. The summed E-state index contributed by atoms with van der Waals surface area (Å²) in [7, 11) is 3.19. The van der Waals surface area contributed by atoms with Crippen molar-refractivity contribution in [2.45, 2.75) is 19.0 Å². The zero-order valence-corrected chi connectivity index (χ0v) is 12.8. The second-order valence-corrected chi connectivity index (χ2v) is 5.22. The highest BCUT2D eigenvalue weighted by atomic mass is 32.2. The molecular weight excluding hydrogens is 278 g/mol. The lowest BCUT2D eigenvalue weighted by atomic mass is 10.1. The average molecular weight is 299 g/mol. The van der Waals surface area contributed by atoms with Crippen molar-refractivity contribution < 1.29 is 19.4 Å². The van der Waals surface area contributed by atoms with Crippen LogP contribution in [-0.2, 0) is 11.3 Å². The van der Waals surface area contributed by atoms with Crippen molar-refractivity contribution in [3.8, 4) is 11.5 Å². The predicted octanol–water partition coefficient (Wildman–Crippen LogP) is 2.00. The molecule has 1 aromatic carbocycles. The second kappa shape index (κ2) is 8.71. The Balaban J connectivity index is 2.73. The molecular formula is C14H21NO4S. The largest absolute Gasteiger partial charge is 0.497 e. The number of rotatable bonds is 9. The van der Waals surface area contributed by atoms with E-state index in [0.717, 1.165) is 17.1 Å². The number of methoxy groups -OCH3 is 2. The summed E-state index contributed by atoms with van der Waals surface area (Å²) in [6, 6.07) is 4.91. The first-order chi connectivity index (χ1) is 9.62. The van der Waals surface area contributed by atoms with Gasteiger partial charge >= 0.3 is 5.97 Å². The highest BCUT2D eigenvalue weighted by Crippen LogP contribution is 2.23. The summed E-state index contributed by atoms with van der Waals surface area (Å²) in [5.41, 5.74) is 0.877. The lowest BCUT2D eigenvalue weighted by Crippen LogP contribution is -2.36. The highest BCUT2D eigenvalue weighted by Gasteiger charge is 2.17. The molecule has 0 aliphatic carbocycles. The van der Waals surface area contributed by atoms with Crippen LogP contribution in [0, 0.1) is 0 Å². The second-order valence-electron chi connectivity index (χ2n) is 4.23. The van der Waals surface area contributed by atoms with Gasteiger partial charge in [-0.1, -0.05) is 0 Å². The van der Waals surface area contributed by atoms with Crippen LogP contribution in [0.5, 0.6) is 11.5 Å². The first-order valence-corrected chi connectivity index (χ1v) is 7.67. The van der Waals surface area contributed by atoms with Crippen LogP contribution in [-0.4, -0.2) is 43.3 Å². The summed E-state index contributed by atoms with van der Waals surface area (Å²) in [5, 5.41) is 12.2. The van der Waals surface area contributed by atoms with Crippen molar-refractivity contribution in [1.82, 2.24) is 5.32 Å². The molecule has 0 radical (unpaired) electrons. The number of nitrogens with one attached hydrogen (secondary N) is 1. The third-order valence-corrected chi connectivity index (χ3v) is 3.58. The van der Waals surface area contributed by atoms with Crippen molar-refractivity contribution in [2.75, 3.05) is 26.2 Å². The van der Waals surface area contributed by atoms with E-state index in [2.05, 4.69) is 5.32 Å². The van der Waals surface area contributed by atoms with Crippen molar-refractivity contribution >= 4 is 17.7 Å². The smallest absolute Gasteiger partial charge is 0.320 e. The normalized spacial score (nSPS) is 11.9. The molecule has 1 rings (SSSR count). The summed E-state index contributed by atoms with van der Waals surface area (Å²) in [6.07, 6.45) is 2.55. The fourth-order valence-electron chi connectivity index (χ4n) is 1.80. The predicted molar refractivity (Wildman–Crippen MR) is 80.8 cm³/mol. The van der Waals surface area contributed by atoms with Crippen LogP contribution in [0.25, 0.3) is 0 Å². The Bertz CT molecular complexity index is 439. The van der Waals surface area contributed by atoms with E-state index in [-0.39, 0.29) is 0 Å². The molecule has 0 bridgehead atoms. The van der Waals surface area contributed by atoms with E-state index < -0.39 is 12.0 Å². The van der Waals surface area contributed by atoms with Gasteiger partial charge in [-0.3, -0.25) is 4.79 Å². The van der Waals surface area contributed by atoms with Crippen molar-refractivity contribution in [3.63, 3.8) is 0 Å². The van der Waals surface area contributed by atoms with E-state index in [0.29, 0.717) is 18.7 Å². The minimum absolute atomic E-state index is 0.422. The number of hydrogen-bond donors (Lipinski definition) is 2. The standard InChI is InChI=1S/C14H21NO4S/c1-18-11-4-5-13(19-2)10(8-11)9-15-12(14(16)17)6-7-20-3/h4-5,8,12,15H,6-7,9H2,1-3H3,(H,16,17)/t12-/m1/s1. The lowest BCUT2D eigenvalue weighted by Gasteiger charge is -2.16. The van der Waals surface area contributed by atoms with Crippen LogP contribution in [0.1, 0.15) is 12.0 Å². The number of carboxylic acid groups (broad SMARTS) is 1. The summed E-state index contributed by atoms with van der Waals surface area (Å²) in [5.74, 6) is 1.41. The Morgan fingerprint density at radius 3 is 2.70 bits per heavy atom. The number of benzene rings is 1. The van der Waals surface area contributed by atoms with Gasteiger partial charge in [0.15, 0.2) is 0 Å². The van der Waals surface area contributed by atoms with Crippen LogP contribution in [0.15, 0.2) is 18.2 Å². The molecule has 0 amide bonds. The lowest BCUT2D eigenvalue weighted by molar-refractivity contribution is -0.139. The molecule has 6 heteroatoms. The molecule has 0 unspecified atom stereocenters. The first-order valence-electron chi connectivity index (χ1n) is 6.28. The minimum atomic E-state index is -0.832. The maximum absolute atomic E-state index is 11.2. The van der Waals surface area contributed by atoms with Gasteiger partial charge in [-0.25, -0.2) is 0 Å². The monoisotopic (exact) mass is 299 g/mol. The summed E-state index contributed by atoms with van der Waals surface area (Å²) < 4.78 is 10.4. The molecule has 2 N–H and O–H groups in total. The third-order valence-electron chi connectivity index (χ3n) is 2.94. The van der Waals surface area contributed by atoms with Gasteiger partial charge in [-0.05, 0) is 36.6 Å². The summed E-state index contributed by atoms with van der Waals surface area (Å²) in [4.78, 5) is 11.2. The number of carboxylic acids is 1. The Hall–Kier alpha value is -1.40. The van der Waals surface area contributed by atoms with Gasteiger partial charge in [-0.2, -0.15) is 11.8 Å². The van der Waals surface area contributed by atoms with Crippen LogP contribution in [0.2, 0.25) is 0 Å². The third kappa shape index (κ3) is 4.94. The summed E-state index contributed by atoms with van der Waals surface area (Å²) >= 11 is 1.63. The number of hydrogen-bond acceptors (Lipinski definition) is 5. The molecule has 1 aromatic rings. The van der Waals surface area contributed by atoms with E-state index in [1.165, 1.54) is 0 Å². The van der Waals surface area contributed by atoms with Gasteiger partial charge in [0.2, 0.25) is 0 Å². The van der Waals surface area contributed by atoms with Gasteiger partial charge in [0.05, 0.1) is 14.2 Å². The molecule has 5 nitrogen and oxygen atoms in total. The van der Waals surface area contributed by atoms with Crippen LogP contribution >= 0.6 is 11.8 Å². The molecule has 112 valence electrons. The van der Waals surface area contributed by atoms with Crippen molar-refractivity contribution in [2.24, 2.45) is 0 Å². The molecule has 0 fully saturated rings. The maximum Gasteiger partial charge on any atom is 0.320 e. The quantitative estimate of drug-likeness (QED) is 0.727. The fraction of sp³-hybridized carbons (Fsp3) is 0.500.